The second kappa shape index (κ2) is 6.55. The van der Waals surface area contributed by atoms with Crippen molar-refractivity contribution in [2.24, 2.45) is 0 Å². The number of aromatic hydroxyl groups is 2. The van der Waals surface area contributed by atoms with Crippen molar-refractivity contribution in [1.82, 2.24) is 4.90 Å². The molecule has 4 rings (SSSR count). The number of halogens is 1. The van der Waals surface area contributed by atoms with E-state index in [0.717, 1.165) is 12.1 Å². The minimum absolute atomic E-state index is 0.0217. The molecule has 0 fully saturated rings. The SMILES string of the molecule is CN1CC=C(c2c(O)cc(O)c3c(=O)cc(-c4ccc(F)cc4)oc23)CC1. The third kappa shape index (κ3) is 3.08. The lowest BCUT2D eigenvalue weighted by Gasteiger charge is -2.23. The van der Waals surface area contributed by atoms with Crippen molar-refractivity contribution in [3.8, 4) is 22.8 Å². The predicted octanol–water partition coefficient (Wildman–Crippen LogP) is 3.73. The van der Waals surface area contributed by atoms with Crippen LogP contribution in [0.2, 0.25) is 0 Å². The van der Waals surface area contributed by atoms with Gasteiger partial charge >= 0.3 is 0 Å². The summed E-state index contributed by atoms with van der Waals surface area (Å²) in [7, 11) is 1.99. The fourth-order valence-corrected chi connectivity index (χ4v) is 3.37. The van der Waals surface area contributed by atoms with Gasteiger partial charge in [0.2, 0.25) is 0 Å². The Morgan fingerprint density at radius 1 is 1.11 bits per heavy atom. The zero-order valence-corrected chi connectivity index (χ0v) is 14.7. The lowest BCUT2D eigenvalue weighted by molar-refractivity contribution is 0.369. The molecule has 0 amide bonds. The first-order valence-corrected chi connectivity index (χ1v) is 8.60. The molecule has 0 unspecified atom stereocenters. The molecule has 138 valence electrons. The Hall–Kier alpha value is -3.12. The number of likely N-dealkylation sites (N-methyl/N-ethyl adjacent to an activating group) is 1. The van der Waals surface area contributed by atoms with Crippen LogP contribution in [0.4, 0.5) is 4.39 Å². The molecule has 1 aliphatic heterocycles. The highest BCUT2D eigenvalue weighted by Gasteiger charge is 2.22. The summed E-state index contributed by atoms with van der Waals surface area (Å²) in [6.07, 6.45) is 2.65. The first kappa shape index (κ1) is 17.3. The summed E-state index contributed by atoms with van der Waals surface area (Å²) >= 11 is 0. The van der Waals surface area contributed by atoms with E-state index in [1.54, 1.807) is 0 Å². The monoisotopic (exact) mass is 367 g/mol. The molecule has 0 spiro atoms. The molecule has 5 nitrogen and oxygen atoms in total. The maximum atomic E-state index is 13.2. The van der Waals surface area contributed by atoms with E-state index in [4.69, 9.17) is 4.42 Å². The van der Waals surface area contributed by atoms with Crippen LogP contribution in [0.3, 0.4) is 0 Å². The summed E-state index contributed by atoms with van der Waals surface area (Å²) in [5.41, 5.74) is 1.51. The van der Waals surface area contributed by atoms with Crippen LogP contribution in [-0.4, -0.2) is 35.3 Å². The Balaban J connectivity index is 2.00. The lowest BCUT2D eigenvalue weighted by atomic mass is 9.96. The average molecular weight is 367 g/mol. The van der Waals surface area contributed by atoms with E-state index in [0.29, 0.717) is 24.1 Å². The standard InChI is InChI=1S/C21H18FNO4/c1-23-8-6-13(7-9-23)19-15(24)10-16(25)20-17(26)11-18(27-21(19)20)12-2-4-14(22)5-3-12/h2-6,10-11,24-25H,7-9H2,1H3. The molecule has 0 radical (unpaired) electrons. The van der Waals surface area contributed by atoms with E-state index in [1.807, 2.05) is 13.1 Å². The molecule has 2 N–H and O–H groups in total. The number of benzene rings is 2. The smallest absolute Gasteiger partial charge is 0.197 e. The van der Waals surface area contributed by atoms with Crippen LogP contribution >= 0.6 is 0 Å². The minimum atomic E-state index is -0.428. The molecule has 0 bridgehead atoms. The molecule has 1 aromatic heterocycles. The Labute approximate surface area is 154 Å². The van der Waals surface area contributed by atoms with Crippen LogP contribution in [-0.2, 0) is 0 Å². The van der Waals surface area contributed by atoms with Crippen molar-refractivity contribution >= 4 is 16.5 Å². The maximum absolute atomic E-state index is 13.2. The Bertz CT molecular complexity index is 1120. The van der Waals surface area contributed by atoms with Gasteiger partial charge in [-0.2, -0.15) is 0 Å². The number of rotatable bonds is 2. The Kier molecular flexibility index (Phi) is 4.20. The van der Waals surface area contributed by atoms with Gasteiger partial charge in [-0.15, -0.1) is 0 Å². The second-order valence-electron chi connectivity index (χ2n) is 6.72. The van der Waals surface area contributed by atoms with E-state index in [2.05, 4.69) is 4.90 Å². The van der Waals surface area contributed by atoms with Gasteiger partial charge in [-0.25, -0.2) is 4.39 Å². The van der Waals surface area contributed by atoms with E-state index in [9.17, 15) is 19.4 Å². The van der Waals surface area contributed by atoms with Gasteiger partial charge in [0.15, 0.2) is 11.0 Å². The molecule has 1 aliphatic rings. The van der Waals surface area contributed by atoms with Gasteiger partial charge in [0.1, 0.15) is 28.5 Å². The van der Waals surface area contributed by atoms with Gasteiger partial charge in [0.05, 0.1) is 5.56 Å². The van der Waals surface area contributed by atoms with E-state index >= 15 is 0 Å². The minimum Gasteiger partial charge on any atom is -0.507 e. The van der Waals surface area contributed by atoms with Gasteiger partial charge in [-0.3, -0.25) is 4.79 Å². The largest absolute Gasteiger partial charge is 0.507 e. The summed E-state index contributed by atoms with van der Waals surface area (Å²) in [6, 6.07) is 8.01. The van der Waals surface area contributed by atoms with Crippen LogP contribution in [0.15, 0.2) is 51.7 Å². The number of nitrogens with zero attached hydrogens (tertiary/aromatic N) is 1. The molecule has 0 aliphatic carbocycles. The molecule has 2 heterocycles. The van der Waals surface area contributed by atoms with Crippen LogP contribution in [0.1, 0.15) is 12.0 Å². The highest BCUT2D eigenvalue weighted by Crippen LogP contribution is 2.40. The molecule has 0 saturated carbocycles. The van der Waals surface area contributed by atoms with Crippen molar-refractivity contribution in [3.63, 3.8) is 0 Å². The first-order valence-electron chi connectivity index (χ1n) is 8.60. The third-order valence-corrected chi connectivity index (χ3v) is 4.82. The lowest BCUT2D eigenvalue weighted by Crippen LogP contribution is -2.23. The molecule has 27 heavy (non-hydrogen) atoms. The van der Waals surface area contributed by atoms with Gasteiger partial charge in [-0.05, 0) is 43.3 Å². The van der Waals surface area contributed by atoms with Gasteiger partial charge in [0.25, 0.3) is 0 Å². The number of phenols is 2. The van der Waals surface area contributed by atoms with Crippen molar-refractivity contribution in [2.75, 3.05) is 20.1 Å². The fourth-order valence-electron chi connectivity index (χ4n) is 3.37. The van der Waals surface area contributed by atoms with Gasteiger partial charge in [-0.1, -0.05) is 6.08 Å². The Morgan fingerprint density at radius 2 is 1.85 bits per heavy atom. The molecule has 0 saturated heterocycles. The molecule has 0 atom stereocenters. The van der Waals surface area contributed by atoms with Crippen LogP contribution in [0.5, 0.6) is 11.5 Å². The normalized spacial score (nSPS) is 15.1. The van der Waals surface area contributed by atoms with E-state index < -0.39 is 11.2 Å². The number of hydrogen-bond acceptors (Lipinski definition) is 5. The molecule has 6 heteroatoms. The zero-order valence-electron chi connectivity index (χ0n) is 14.7. The molecule has 3 aromatic rings. The van der Waals surface area contributed by atoms with E-state index in [1.165, 1.54) is 36.4 Å². The summed E-state index contributed by atoms with van der Waals surface area (Å²) in [6.45, 7) is 1.51. The highest BCUT2D eigenvalue weighted by atomic mass is 19.1. The van der Waals surface area contributed by atoms with Gasteiger partial charge in [0, 0.05) is 30.8 Å². The summed E-state index contributed by atoms with van der Waals surface area (Å²) < 4.78 is 19.2. The quantitative estimate of drug-likeness (QED) is 0.722. The molecular weight excluding hydrogens is 349 g/mol. The second-order valence-corrected chi connectivity index (χ2v) is 6.72. The first-order chi connectivity index (χ1) is 12.9. The van der Waals surface area contributed by atoms with Crippen LogP contribution in [0, 0.1) is 5.82 Å². The molecular formula is C21H18FNO4. The number of phenolic OH excluding ortho intramolecular Hbond substituents is 2. The van der Waals surface area contributed by atoms with Crippen molar-refractivity contribution in [2.45, 2.75) is 6.42 Å². The Morgan fingerprint density at radius 3 is 2.52 bits per heavy atom. The highest BCUT2D eigenvalue weighted by molar-refractivity contribution is 5.96. The van der Waals surface area contributed by atoms with E-state index in [-0.39, 0.29) is 28.2 Å². The van der Waals surface area contributed by atoms with Crippen molar-refractivity contribution < 1.29 is 19.0 Å². The van der Waals surface area contributed by atoms with Crippen molar-refractivity contribution in [3.05, 3.63) is 64.1 Å². The molecule has 2 aromatic carbocycles. The average Bonchev–Trinajstić information content (AvgIpc) is 2.63. The van der Waals surface area contributed by atoms with Gasteiger partial charge < -0.3 is 19.5 Å². The topological polar surface area (TPSA) is 73.9 Å². The number of hydrogen-bond donors (Lipinski definition) is 2. The predicted molar refractivity (Wildman–Crippen MR) is 101 cm³/mol. The number of fused-ring (bicyclic) bond motifs is 1. The third-order valence-electron chi connectivity index (χ3n) is 4.82. The summed E-state index contributed by atoms with van der Waals surface area (Å²) in [5, 5.41) is 20.7. The van der Waals surface area contributed by atoms with Crippen LogP contribution < -0.4 is 5.43 Å². The van der Waals surface area contributed by atoms with Crippen molar-refractivity contribution in [1.29, 1.82) is 0 Å². The fraction of sp³-hybridized carbons (Fsp3) is 0.190. The zero-order chi connectivity index (χ0) is 19.1. The summed E-state index contributed by atoms with van der Waals surface area (Å²) in [4.78, 5) is 14.8. The maximum Gasteiger partial charge on any atom is 0.197 e. The summed E-state index contributed by atoms with van der Waals surface area (Å²) in [5.74, 6) is -0.629. The van der Waals surface area contributed by atoms with Crippen LogP contribution in [0.25, 0.3) is 27.9 Å².